The Morgan fingerprint density at radius 1 is 0.848 bits per heavy atom. The molecule has 1 aliphatic carbocycles. The molecule has 1 fully saturated rings. The van der Waals surface area contributed by atoms with E-state index in [1.165, 1.54) is 11.1 Å². The van der Waals surface area contributed by atoms with Crippen LogP contribution in [-0.4, -0.2) is 30.2 Å². The fraction of sp³-hybridized carbons (Fsp3) is 0.586. The summed E-state index contributed by atoms with van der Waals surface area (Å²) >= 11 is 0. The van der Waals surface area contributed by atoms with E-state index in [1.807, 2.05) is 12.1 Å². The van der Waals surface area contributed by atoms with Crippen LogP contribution in [0.2, 0.25) is 0 Å². The topological polar surface area (TPSA) is 3.24 Å². The van der Waals surface area contributed by atoms with Crippen LogP contribution < -0.4 is 0 Å². The average molecular weight is 460 g/mol. The van der Waals surface area contributed by atoms with Crippen LogP contribution in [0.15, 0.2) is 54.6 Å². The molecule has 0 saturated heterocycles. The van der Waals surface area contributed by atoms with E-state index in [0.29, 0.717) is 18.9 Å². The molecule has 0 heterocycles. The first-order chi connectivity index (χ1) is 15.9. The third-order valence-corrected chi connectivity index (χ3v) is 7.39. The van der Waals surface area contributed by atoms with E-state index in [-0.39, 0.29) is 12.3 Å². The summed E-state index contributed by atoms with van der Waals surface area (Å²) in [6.45, 7) is 6.67. The summed E-state index contributed by atoms with van der Waals surface area (Å²) in [5.41, 5.74) is 3.48. The number of hydrogen-bond acceptors (Lipinski definition) is 1. The molecule has 3 rings (SSSR count). The fourth-order valence-electron chi connectivity index (χ4n) is 5.51. The third kappa shape index (κ3) is 7.60. The number of aryl methyl sites for hydroxylation is 1. The van der Waals surface area contributed by atoms with Gasteiger partial charge in [-0.15, -0.1) is 0 Å². The van der Waals surface area contributed by atoms with Gasteiger partial charge < -0.3 is 4.90 Å². The van der Waals surface area contributed by atoms with Crippen molar-refractivity contribution in [1.29, 1.82) is 0 Å². The van der Waals surface area contributed by atoms with Gasteiger partial charge in [-0.25, -0.2) is 0 Å². The van der Waals surface area contributed by atoms with E-state index in [0.717, 1.165) is 57.2 Å². The lowest BCUT2D eigenvalue weighted by molar-refractivity contribution is -0.187. The van der Waals surface area contributed by atoms with Crippen molar-refractivity contribution in [3.05, 3.63) is 71.3 Å². The lowest BCUT2D eigenvalue weighted by Crippen LogP contribution is -2.37. The SMILES string of the molecule is CCCN(CCc1ccccc1)C(CC)CCc1ccc(C2CCCCC2C(F)(F)F)cc1. The largest absolute Gasteiger partial charge is 0.392 e. The quantitative estimate of drug-likeness (QED) is 0.327. The minimum absolute atomic E-state index is 0.268. The van der Waals surface area contributed by atoms with Gasteiger partial charge in [-0.3, -0.25) is 0 Å². The van der Waals surface area contributed by atoms with Crippen LogP contribution in [0.5, 0.6) is 0 Å². The van der Waals surface area contributed by atoms with Crippen LogP contribution in [0.1, 0.15) is 81.4 Å². The number of hydrogen-bond donors (Lipinski definition) is 0. The highest BCUT2D eigenvalue weighted by Crippen LogP contribution is 2.46. The van der Waals surface area contributed by atoms with Gasteiger partial charge in [0.1, 0.15) is 0 Å². The van der Waals surface area contributed by atoms with Gasteiger partial charge in [-0.1, -0.05) is 81.3 Å². The zero-order valence-corrected chi connectivity index (χ0v) is 20.3. The lowest BCUT2D eigenvalue weighted by atomic mass is 9.75. The number of rotatable bonds is 11. The molecule has 182 valence electrons. The first-order valence-electron chi connectivity index (χ1n) is 12.9. The van der Waals surface area contributed by atoms with E-state index < -0.39 is 12.1 Å². The average Bonchev–Trinajstić information content (AvgIpc) is 2.83. The van der Waals surface area contributed by atoms with E-state index in [2.05, 4.69) is 61.2 Å². The Labute approximate surface area is 198 Å². The molecule has 2 aromatic rings. The molecule has 0 radical (unpaired) electrons. The van der Waals surface area contributed by atoms with Crippen LogP contribution in [0.3, 0.4) is 0 Å². The highest BCUT2D eigenvalue weighted by atomic mass is 19.4. The van der Waals surface area contributed by atoms with Gasteiger partial charge in [0.05, 0.1) is 5.92 Å². The smallest absolute Gasteiger partial charge is 0.300 e. The molecule has 3 atom stereocenters. The molecular weight excluding hydrogens is 419 g/mol. The van der Waals surface area contributed by atoms with Crippen molar-refractivity contribution in [2.75, 3.05) is 13.1 Å². The fourth-order valence-corrected chi connectivity index (χ4v) is 5.51. The molecule has 0 spiro atoms. The molecule has 0 aromatic heterocycles. The van der Waals surface area contributed by atoms with Crippen molar-refractivity contribution in [1.82, 2.24) is 4.90 Å². The Morgan fingerprint density at radius 3 is 2.15 bits per heavy atom. The normalized spacial score (nSPS) is 20.2. The lowest BCUT2D eigenvalue weighted by Gasteiger charge is -2.33. The molecule has 0 N–H and O–H groups in total. The van der Waals surface area contributed by atoms with Crippen molar-refractivity contribution in [2.45, 2.75) is 89.8 Å². The van der Waals surface area contributed by atoms with Crippen LogP contribution in [0, 0.1) is 5.92 Å². The molecule has 2 aromatic carbocycles. The zero-order valence-electron chi connectivity index (χ0n) is 20.3. The predicted molar refractivity (Wildman–Crippen MR) is 132 cm³/mol. The Bertz CT molecular complexity index is 800. The third-order valence-electron chi connectivity index (χ3n) is 7.39. The highest BCUT2D eigenvalue weighted by molar-refractivity contribution is 5.27. The summed E-state index contributed by atoms with van der Waals surface area (Å²) < 4.78 is 40.5. The molecule has 33 heavy (non-hydrogen) atoms. The molecule has 0 amide bonds. The van der Waals surface area contributed by atoms with Crippen LogP contribution in [-0.2, 0) is 12.8 Å². The minimum atomic E-state index is -4.10. The van der Waals surface area contributed by atoms with Gasteiger partial charge in [0, 0.05) is 12.6 Å². The van der Waals surface area contributed by atoms with Gasteiger partial charge in [0.2, 0.25) is 0 Å². The monoisotopic (exact) mass is 459 g/mol. The molecule has 1 nitrogen and oxygen atoms in total. The standard InChI is InChI=1S/C29H40F3N/c1-3-21-33(22-20-23-10-6-5-7-11-23)26(4-2)19-16-24-14-17-25(18-15-24)27-12-8-9-13-28(27)29(30,31)32/h5-7,10-11,14-15,17-18,26-28H,3-4,8-9,12-13,16,19-22H2,1-2H3. The van der Waals surface area contributed by atoms with Crippen molar-refractivity contribution in [3.63, 3.8) is 0 Å². The minimum Gasteiger partial charge on any atom is -0.300 e. The maximum Gasteiger partial charge on any atom is 0.392 e. The predicted octanol–water partition coefficient (Wildman–Crippen LogP) is 8.19. The van der Waals surface area contributed by atoms with Gasteiger partial charge in [0.15, 0.2) is 0 Å². The molecule has 4 heteroatoms. The van der Waals surface area contributed by atoms with E-state index in [9.17, 15) is 13.2 Å². The van der Waals surface area contributed by atoms with E-state index in [4.69, 9.17) is 0 Å². The van der Waals surface area contributed by atoms with Crippen LogP contribution in [0.4, 0.5) is 13.2 Å². The van der Waals surface area contributed by atoms with Gasteiger partial charge in [0.25, 0.3) is 0 Å². The molecule has 0 aliphatic heterocycles. The second kappa shape index (κ2) is 12.6. The summed E-state index contributed by atoms with van der Waals surface area (Å²) in [5, 5.41) is 0. The van der Waals surface area contributed by atoms with Crippen LogP contribution in [0.25, 0.3) is 0 Å². The summed E-state index contributed by atoms with van der Waals surface area (Å²) in [6.07, 6.45) is 3.78. The first-order valence-corrected chi connectivity index (χ1v) is 12.9. The number of nitrogens with zero attached hydrogens (tertiary/aromatic N) is 1. The van der Waals surface area contributed by atoms with Gasteiger partial charge in [-0.2, -0.15) is 13.2 Å². The first kappa shape index (κ1) is 25.8. The zero-order chi connectivity index (χ0) is 23.7. The Kier molecular flexibility index (Phi) is 9.85. The number of alkyl halides is 3. The van der Waals surface area contributed by atoms with Crippen molar-refractivity contribution < 1.29 is 13.2 Å². The summed E-state index contributed by atoms with van der Waals surface area (Å²) in [4.78, 5) is 2.62. The Hall–Kier alpha value is -1.81. The maximum atomic E-state index is 13.5. The molecular formula is C29H40F3N. The second-order valence-electron chi connectivity index (χ2n) is 9.65. The summed E-state index contributed by atoms with van der Waals surface area (Å²) in [6, 6.07) is 19.2. The van der Waals surface area contributed by atoms with E-state index >= 15 is 0 Å². The highest BCUT2D eigenvalue weighted by Gasteiger charge is 2.45. The summed E-state index contributed by atoms with van der Waals surface area (Å²) in [5.74, 6) is -1.57. The Morgan fingerprint density at radius 2 is 1.52 bits per heavy atom. The molecule has 0 bridgehead atoms. The second-order valence-corrected chi connectivity index (χ2v) is 9.65. The van der Waals surface area contributed by atoms with Crippen molar-refractivity contribution in [3.8, 4) is 0 Å². The number of halogens is 3. The van der Waals surface area contributed by atoms with Gasteiger partial charge >= 0.3 is 6.18 Å². The van der Waals surface area contributed by atoms with Crippen LogP contribution >= 0.6 is 0 Å². The molecule has 1 saturated carbocycles. The molecule has 1 aliphatic rings. The van der Waals surface area contributed by atoms with Crippen molar-refractivity contribution >= 4 is 0 Å². The van der Waals surface area contributed by atoms with Crippen molar-refractivity contribution in [2.24, 2.45) is 5.92 Å². The van der Waals surface area contributed by atoms with E-state index in [1.54, 1.807) is 0 Å². The molecule has 3 unspecified atom stereocenters. The summed E-state index contributed by atoms with van der Waals surface area (Å²) in [7, 11) is 0. The number of benzene rings is 2. The van der Waals surface area contributed by atoms with Gasteiger partial charge in [-0.05, 0) is 74.1 Å². The Balaban J connectivity index is 1.58. The maximum absolute atomic E-state index is 13.5.